The molecule has 5 heteroatoms. The van der Waals surface area contributed by atoms with Crippen molar-refractivity contribution in [1.82, 2.24) is 0 Å². The smallest absolute Gasteiger partial charge is 0.297 e. The lowest BCUT2D eigenvalue weighted by molar-refractivity contribution is 0.111. The topological polar surface area (TPSA) is 52.6 Å². The molecule has 0 N–H and O–H groups in total. The second kappa shape index (κ2) is 4.89. The van der Waals surface area contributed by atoms with Crippen LogP contribution in [0.5, 0.6) is 0 Å². The quantitative estimate of drug-likeness (QED) is 0.771. The third-order valence-electron chi connectivity index (χ3n) is 2.48. The van der Waals surface area contributed by atoms with Gasteiger partial charge in [-0.1, -0.05) is 17.7 Å². The average molecular weight is 254 g/mol. The van der Waals surface area contributed by atoms with Gasteiger partial charge in [-0.05, 0) is 25.1 Å². The predicted molar refractivity (Wildman–Crippen MR) is 62.9 cm³/mol. The molecule has 1 aliphatic rings. The van der Waals surface area contributed by atoms with E-state index in [2.05, 4.69) is 0 Å². The lowest BCUT2D eigenvalue weighted by Gasteiger charge is -2.11. The van der Waals surface area contributed by atoms with Gasteiger partial charge < -0.3 is 4.74 Å². The second-order valence-electron chi connectivity index (χ2n) is 3.92. The van der Waals surface area contributed by atoms with Crippen molar-refractivity contribution < 1.29 is 17.3 Å². The molecule has 0 spiro atoms. The van der Waals surface area contributed by atoms with Gasteiger partial charge in [-0.25, -0.2) is 0 Å². The highest BCUT2D eigenvalue weighted by Gasteiger charge is 2.19. The molecule has 0 bridgehead atoms. The molecule has 0 amide bonds. The van der Waals surface area contributed by atoms with Gasteiger partial charge in [-0.2, -0.15) is 8.42 Å². The molecule has 0 aliphatic carbocycles. The van der Waals surface area contributed by atoms with Gasteiger partial charge >= 0.3 is 0 Å². The molecule has 0 fully saturated rings. The number of aryl methyl sites for hydroxylation is 1. The molecule has 1 atom stereocenters. The van der Waals surface area contributed by atoms with Crippen molar-refractivity contribution in [3.63, 3.8) is 0 Å². The van der Waals surface area contributed by atoms with E-state index in [4.69, 9.17) is 8.92 Å². The molecule has 0 saturated carbocycles. The number of ether oxygens (including phenoxy) is 1. The maximum Gasteiger partial charge on any atom is 0.297 e. The highest BCUT2D eigenvalue weighted by molar-refractivity contribution is 7.86. The van der Waals surface area contributed by atoms with Gasteiger partial charge in [0, 0.05) is 6.42 Å². The summed E-state index contributed by atoms with van der Waals surface area (Å²) in [6, 6.07) is 6.56. The summed E-state index contributed by atoms with van der Waals surface area (Å²) in [6.45, 7) is 1.94. The van der Waals surface area contributed by atoms with E-state index in [1.165, 1.54) is 0 Å². The van der Waals surface area contributed by atoms with Gasteiger partial charge in [0.25, 0.3) is 10.1 Å². The summed E-state index contributed by atoms with van der Waals surface area (Å²) in [5.74, 6) is 0. The van der Waals surface area contributed by atoms with Gasteiger partial charge in [0.1, 0.15) is 12.7 Å². The highest BCUT2D eigenvalue weighted by atomic mass is 32.2. The summed E-state index contributed by atoms with van der Waals surface area (Å²) in [5.41, 5.74) is 1.01. The van der Waals surface area contributed by atoms with Crippen LogP contribution in [-0.4, -0.2) is 21.1 Å². The molecule has 2 rings (SSSR count). The van der Waals surface area contributed by atoms with Gasteiger partial charge in [0.2, 0.25) is 0 Å². The van der Waals surface area contributed by atoms with Crippen molar-refractivity contribution in [3.8, 4) is 0 Å². The molecule has 0 aromatic heterocycles. The lowest BCUT2D eigenvalue weighted by Crippen LogP contribution is -2.18. The van der Waals surface area contributed by atoms with Crippen molar-refractivity contribution >= 4 is 10.1 Å². The number of rotatable bonds is 4. The molecule has 1 aromatic carbocycles. The molecule has 17 heavy (non-hydrogen) atoms. The predicted octanol–water partition coefficient (Wildman–Crippen LogP) is 2.00. The minimum absolute atomic E-state index is 0.0449. The Balaban J connectivity index is 2.00. The first-order valence-electron chi connectivity index (χ1n) is 5.34. The molecule has 0 radical (unpaired) electrons. The van der Waals surface area contributed by atoms with E-state index in [0.717, 1.165) is 5.56 Å². The van der Waals surface area contributed by atoms with E-state index < -0.39 is 10.1 Å². The van der Waals surface area contributed by atoms with E-state index in [-0.39, 0.29) is 17.6 Å². The van der Waals surface area contributed by atoms with Crippen molar-refractivity contribution in [1.29, 1.82) is 0 Å². The van der Waals surface area contributed by atoms with E-state index in [1.807, 2.05) is 13.0 Å². The van der Waals surface area contributed by atoms with Crippen LogP contribution in [0.4, 0.5) is 0 Å². The fourth-order valence-electron chi connectivity index (χ4n) is 1.48. The standard InChI is InChI=1S/C12H14O4S/c1-10-4-6-12(7-5-10)17(13,14)16-9-11-3-2-8-15-11/h2,4-8,11H,3,9H2,1H3/t11-/m0/s1. The van der Waals surface area contributed by atoms with Gasteiger partial charge in [-0.15, -0.1) is 0 Å². The first-order chi connectivity index (χ1) is 8.08. The number of hydrogen-bond donors (Lipinski definition) is 0. The average Bonchev–Trinajstić information content (AvgIpc) is 2.80. The van der Waals surface area contributed by atoms with Crippen molar-refractivity contribution in [2.75, 3.05) is 6.61 Å². The van der Waals surface area contributed by atoms with Crippen LogP contribution < -0.4 is 0 Å². The van der Waals surface area contributed by atoms with E-state index >= 15 is 0 Å². The Morgan fingerprint density at radius 3 is 2.65 bits per heavy atom. The lowest BCUT2D eigenvalue weighted by atomic mass is 10.2. The Kier molecular flexibility index (Phi) is 3.49. The maximum atomic E-state index is 11.8. The van der Waals surface area contributed by atoms with E-state index in [0.29, 0.717) is 6.42 Å². The van der Waals surface area contributed by atoms with Crippen LogP contribution in [0.2, 0.25) is 0 Å². The molecule has 1 aliphatic heterocycles. The van der Waals surface area contributed by atoms with Crippen molar-refractivity contribution in [3.05, 3.63) is 42.2 Å². The molecular formula is C12H14O4S. The Bertz CT molecular complexity index is 494. The molecule has 92 valence electrons. The van der Waals surface area contributed by atoms with Crippen molar-refractivity contribution in [2.24, 2.45) is 0 Å². The summed E-state index contributed by atoms with van der Waals surface area (Å²) in [6.07, 6.45) is 3.89. The first-order valence-corrected chi connectivity index (χ1v) is 6.75. The Morgan fingerprint density at radius 2 is 2.06 bits per heavy atom. The fraction of sp³-hybridized carbons (Fsp3) is 0.333. The first kappa shape index (κ1) is 12.1. The molecule has 4 nitrogen and oxygen atoms in total. The van der Waals surface area contributed by atoms with Crippen LogP contribution in [0.3, 0.4) is 0 Å². The van der Waals surface area contributed by atoms with Gasteiger partial charge in [-0.3, -0.25) is 4.18 Å². The zero-order valence-electron chi connectivity index (χ0n) is 9.50. The van der Waals surface area contributed by atoms with Crippen LogP contribution in [0.1, 0.15) is 12.0 Å². The van der Waals surface area contributed by atoms with Crippen LogP contribution in [-0.2, 0) is 19.0 Å². The maximum absolute atomic E-state index is 11.8. The highest BCUT2D eigenvalue weighted by Crippen LogP contribution is 2.16. The largest absolute Gasteiger partial charge is 0.496 e. The summed E-state index contributed by atoms with van der Waals surface area (Å²) < 4.78 is 33.7. The Hall–Kier alpha value is -1.33. The molecule has 0 unspecified atom stereocenters. The van der Waals surface area contributed by atoms with Crippen molar-refractivity contribution in [2.45, 2.75) is 24.3 Å². The van der Waals surface area contributed by atoms with Gasteiger partial charge in [0.15, 0.2) is 0 Å². The van der Waals surface area contributed by atoms with Crippen LogP contribution in [0.25, 0.3) is 0 Å². The van der Waals surface area contributed by atoms with Crippen LogP contribution in [0.15, 0.2) is 41.5 Å². The third-order valence-corrected chi connectivity index (χ3v) is 3.78. The van der Waals surface area contributed by atoms with Crippen LogP contribution >= 0.6 is 0 Å². The monoisotopic (exact) mass is 254 g/mol. The number of benzene rings is 1. The molecule has 1 heterocycles. The minimum atomic E-state index is -3.67. The Morgan fingerprint density at radius 1 is 1.35 bits per heavy atom. The summed E-state index contributed by atoms with van der Waals surface area (Å²) >= 11 is 0. The summed E-state index contributed by atoms with van der Waals surface area (Å²) in [7, 11) is -3.67. The van der Waals surface area contributed by atoms with E-state index in [9.17, 15) is 8.42 Å². The minimum Gasteiger partial charge on any atom is -0.496 e. The fourth-order valence-corrected chi connectivity index (χ4v) is 2.41. The SMILES string of the molecule is Cc1ccc(S(=O)(=O)OC[C@@H]2CC=CO2)cc1. The molecular weight excluding hydrogens is 240 g/mol. The summed E-state index contributed by atoms with van der Waals surface area (Å²) in [5, 5.41) is 0. The summed E-state index contributed by atoms with van der Waals surface area (Å²) in [4.78, 5) is 0.175. The third kappa shape index (κ3) is 3.08. The second-order valence-corrected chi connectivity index (χ2v) is 5.53. The number of hydrogen-bond acceptors (Lipinski definition) is 4. The van der Waals surface area contributed by atoms with E-state index in [1.54, 1.807) is 30.5 Å². The normalized spacial score (nSPS) is 19.2. The Labute approximate surface area is 101 Å². The van der Waals surface area contributed by atoms with Crippen LogP contribution in [0, 0.1) is 6.92 Å². The van der Waals surface area contributed by atoms with Gasteiger partial charge in [0.05, 0.1) is 11.2 Å². The zero-order chi connectivity index (χ0) is 12.3. The molecule has 0 saturated heterocycles. The molecule has 1 aromatic rings. The zero-order valence-corrected chi connectivity index (χ0v) is 10.3.